The average molecular weight is 297 g/mol. The Balaban J connectivity index is 2.23. The molecule has 1 fully saturated rings. The Hall–Kier alpha value is -0.610. The lowest BCUT2D eigenvalue weighted by atomic mass is 9.88. The molecule has 0 spiro atoms. The summed E-state index contributed by atoms with van der Waals surface area (Å²) in [6.45, 7) is 2.01. The minimum atomic E-state index is -0.255. The topological polar surface area (TPSA) is 49.5 Å². The van der Waals surface area contributed by atoms with Gasteiger partial charge in [0.25, 0.3) is 0 Å². The highest BCUT2D eigenvalue weighted by Gasteiger charge is 2.32. The van der Waals surface area contributed by atoms with E-state index < -0.39 is 0 Å². The molecular formula is C16H25ClN2O. The predicted molar refractivity (Wildman–Crippen MR) is 83.9 cm³/mol. The van der Waals surface area contributed by atoms with Gasteiger partial charge in [0.2, 0.25) is 0 Å². The number of benzene rings is 1. The van der Waals surface area contributed by atoms with Crippen LogP contribution < -0.4 is 5.73 Å². The van der Waals surface area contributed by atoms with E-state index >= 15 is 0 Å². The molecule has 0 heterocycles. The first-order valence-corrected chi connectivity index (χ1v) is 7.79. The normalized spacial score (nSPS) is 26.5. The molecule has 4 atom stereocenters. The van der Waals surface area contributed by atoms with Crippen LogP contribution in [0.2, 0.25) is 5.02 Å². The number of hydrogen-bond donors (Lipinski definition) is 2. The van der Waals surface area contributed by atoms with E-state index in [-0.39, 0.29) is 24.2 Å². The molecule has 0 amide bonds. The summed E-state index contributed by atoms with van der Waals surface area (Å²) in [5, 5.41) is 11.0. The van der Waals surface area contributed by atoms with Gasteiger partial charge in [-0.25, -0.2) is 0 Å². The van der Waals surface area contributed by atoms with Gasteiger partial charge in [0.05, 0.1) is 6.10 Å². The minimum Gasteiger partial charge on any atom is -0.391 e. The Morgan fingerprint density at radius 1 is 1.35 bits per heavy atom. The molecule has 1 aromatic rings. The molecule has 0 radical (unpaired) electrons. The summed E-state index contributed by atoms with van der Waals surface area (Å²) in [5.41, 5.74) is 7.32. The smallest absolute Gasteiger partial charge is 0.0695 e. The number of nitrogens with two attached hydrogens (primary N) is 1. The number of aliphatic hydroxyl groups excluding tert-OH is 1. The summed E-state index contributed by atoms with van der Waals surface area (Å²) in [7, 11) is 2.06. The molecule has 112 valence electrons. The molecule has 0 bridgehead atoms. The summed E-state index contributed by atoms with van der Waals surface area (Å²) in [6.07, 6.45) is 3.95. The number of likely N-dealkylation sites (N-methyl/N-ethyl adjacent to an activating group) is 1. The number of aliphatic hydroxyl groups is 1. The second-order valence-corrected chi connectivity index (χ2v) is 6.38. The fraction of sp³-hybridized carbons (Fsp3) is 0.625. The van der Waals surface area contributed by atoms with Crippen molar-refractivity contribution in [1.82, 2.24) is 4.90 Å². The van der Waals surface area contributed by atoms with Crippen LogP contribution in [-0.4, -0.2) is 35.2 Å². The zero-order valence-electron chi connectivity index (χ0n) is 12.3. The maximum absolute atomic E-state index is 10.3. The molecule has 20 heavy (non-hydrogen) atoms. The van der Waals surface area contributed by atoms with E-state index in [4.69, 9.17) is 17.3 Å². The predicted octanol–water partition coefficient (Wildman–Crippen LogP) is 2.96. The zero-order chi connectivity index (χ0) is 14.7. The molecule has 2 rings (SSSR count). The van der Waals surface area contributed by atoms with Crippen molar-refractivity contribution in [1.29, 1.82) is 0 Å². The largest absolute Gasteiger partial charge is 0.391 e. The lowest BCUT2D eigenvalue weighted by molar-refractivity contribution is 0.00792. The van der Waals surface area contributed by atoms with Crippen LogP contribution in [0.1, 0.15) is 44.2 Å². The summed E-state index contributed by atoms with van der Waals surface area (Å²) >= 11 is 6.10. The van der Waals surface area contributed by atoms with E-state index in [0.717, 1.165) is 29.8 Å². The van der Waals surface area contributed by atoms with Crippen LogP contribution in [0.5, 0.6) is 0 Å². The van der Waals surface area contributed by atoms with Gasteiger partial charge in [0.1, 0.15) is 0 Å². The highest BCUT2D eigenvalue weighted by molar-refractivity contribution is 6.30. The summed E-state index contributed by atoms with van der Waals surface area (Å²) in [5.74, 6) is 0. The van der Waals surface area contributed by atoms with Gasteiger partial charge < -0.3 is 10.8 Å². The monoisotopic (exact) mass is 296 g/mol. The summed E-state index contributed by atoms with van der Waals surface area (Å²) < 4.78 is 0. The molecule has 3 nitrogen and oxygen atoms in total. The van der Waals surface area contributed by atoms with E-state index in [1.807, 2.05) is 25.1 Å². The highest BCUT2D eigenvalue weighted by Crippen LogP contribution is 2.31. The number of hydrogen-bond acceptors (Lipinski definition) is 3. The van der Waals surface area contributed by atoms with Crippen LogP contribution in [0.15, 0.2) is 24.3 Å². The first kappa shape index (κ1) is 15.8. The molecule has 3 N–H and O–H groups in total. The van der Waals surface area contributed by atoms with Gasteiger partial charge in [-0.05, 0) is 44.5 Å². The summed E-state index contributed by atoms with van der Waals surface area (Å²) in [6, 6.07) is 8.10. The maximum Gasteiger partial charge on any atom is 0.0695 e. The Kier molecular flexibility index (Phi) is 5.44. The third-order valence-corrected chi connectivity index (χ3v) is 4.58. The molecule has 1 aliphatic rings. The van der Waals surface area contributed by atoms with Gasteiger partial charge >= 0.3 is 0 Å². The van der Waals surface area contributed by atoms with Gasteiger partial charge in [0.15, 0.2) is 0 Å². The molecule has 0 aromatic heterocycles. The van der Waals surface area contributed by atoms with Crippen molar-refractivity contribution in [3.63, 3.8) is 0 Å². The molecule has 0 aliphatic heterocycles. The van der Waals surface area contributed by atoms with Crippen LogP contribution in [0.25, 0.3) is 0 Å². The van der Waals surface area contributed by atoms with Crippen molar-refractivity contribution >= 4 is 11.6 Å². The summed E-state index contributed by atoms with van der Waals surface area (Å²) in [4.78, 5) is 2.24. The van der Waals surface area contributed by atoms with Crippen LogP contribution in [0, 0.1) is 0 Å². The maximum atomic E-state index is 10.3. The fourth-order valence-electron chi connectivity index (χ4n) is 3.37. The molecule has 4 unspecified atom stereocenters. The van der Waals surface area contributed by atoms with E-state index in [2.05, 4.69) is 18.0 Å². The van der Waals surface area contributed by atoms with Crippen molar-refractivity contribution in [2.24, 2.45) is 5.73 Å². The van der Waals surface area contributed by atoms with Crippen LogP contribution in [0.4, 0.5) is 0 Å². The first-order chi connectivity index (χ1) is 9.50. The van der Waals surface area contributed by atoms with Crippen LogP contribution in [-0.2, 0) is 0 Å². The molecular weight excluding hydrogens is 272 g/mol. The lowest BCUT2D eigenvalue weighted by Gasteiger charge is -2.41. The van der Waals surface area contributed by atoms with Gasteiger partial charge in [0, 0.05) is 23.1 Å². The van der Waals surface area contributed by atoms with Crippen molar-refractivity contribution in [2.75, 3.05) is 7.05 Å². The third kappa shape index (κ3) is 3.53. The Bertz CT molecular complexity index is 438. The van der Waals surface area contributed by atoms with Crippen molar-refractivity contribution in [2.45, 2.75) is 56.8 Å². The standard InChI is InChI=1S/C16H25ClN2O/c1-11(18)16(12-6-5-7-13(17)10-12)19(2)14-8-3-4-9-15(14)20/h5-7,10-11,14-16,20H,3-4,8-9,18H2,1-2H3. The molecule has 1 aromatic carbocycles. The molecule has 4 heteroatoms. The van der Waals surface area contributed by atoms with Gasteiger partial charge in [-0.2, -0.15) is 0 Å². The highest BCUT2D eigenvalue weighted by atomic mass is 35.5. The van der Waals surface area contributed by atoms with Gasteiger partial charge in [-0.15, -0.1) is 0 Å². The van der Waals surface area contributed by atoms with E-state index in [9.17, 15) is 5.11 Å². The van der Waals surface area contributed by atoms with E-state index in [1.165, 1.54) is 6.42 Å². The first-order valence-electron chi connectivity index (χ1n) is 7.41. The Labute approximate surface area is 126 Å². The lowest BCUT2D eigenvalue weighted by Crippen LogP contribution is -2.49. The van der Waals surface area contributed by atoms with Gasteiger partial charge in [-0.3, -0.25) is 4.90 Å². The Morgan fingerprint density at radius 3 is 2.65 bits per heavy atom. The van der Waals surface area contributed by atoms with Crippen molar-refractivity contribution in [3.05, 3.63) is 34.9 Å². The van der Waals surface area contributed by atoms with Gasteiger partial charge in [-0.1, -0.05) is 36.6 Å². The van der Waals surface area contributed by atoms with Crippen LogP contribution >= 0.6 is 11.6 Å². The van der Waals surface area contributed by atoms with E-state index in [0.29, 0.717) is 0 Å². The second-order valence-electron chi connectivity index (χ2n) is 5.94. The zero-order valence-corrected chi connectivity index (χ0v) is 13.1. The van der Waals surface area contributed by atoms with Crippen molar-refractivity contribution in [3.8, 4) is 0 Å². The Morgan fingerprint density at radius 2 is 2.05 bits per heavy atom. The third-order valence-electron chi connectivity index (χ3n) is 4.34. The number of nitrogens with zero attached hydrogens (tertiary/aromatic N) is 1. The minimum absolute atomic E-state index is 0.0207. The van der Waals surface area contributed by atoms with Crippen LogP contribution in [0.3, 0.4) is 0 Å². The quantitative estimate of drug-likeness (QED) is 0.898. The van der Waals surface area contributed by atoms with E-state index in [1.54, 1.807) is 0 Å². The SMILES string of the molecule is CC(N)C(c1cccc(Cl)c1)N(C)C1CCCCC1O. The fourth-order valence-corrected chi connectivity index (χ4v) is 3.57. The number of rotatable bonds is 4. The average Bonchev–Trinajstić information content (AvgIpc) is 2.39. The second kappa shape index (κ2) is 6.90. The molecule has 1 aliphatic carbocycles. The molecule has 0 saturated heterocycles. The van der Waals surface area contributed by atoms with Crippen molar-refractivity contribution < 1.29 is 5.11 Å². The molecule has 1 saturated carbocycles. The number of halogens is 1.